The quantitative estimate of drug-likeness (QED) is 0.663. The van der Waals surface area contributed by atoms with E-state index in [0.29, 0.717) is 0 Å². The topological polar surface area (TPSA) is 35.5 Å². The van der Waals surface area contributed by atoms with Crippen molar-refractivity contribution < 1.29 is 5.11 Å². The monoisotopic (exact) mass is 186 g/mol. The average molecular weight is 186 g/mol. The predicted molar refractivity (Wildman–Crippen MR) is 54.8 cm³/mol. The molecular weight excluding hydrogens is 164 g/mol. The van der Waals surface area contributed by atoms with Crippen molar-refractivity contribution in [2.75, 3.05) is 33.2 Å². The molecule has 0 aromatic heterocycles. The molecule has 0 radical (unpaired) electrons. The SMILES string of the molecule is CC(O)CNCC1CCCN(C)C1. The number of nitrogens with zero attached hydrogens (tertiary/aromatic N) is 1. The number of hydrogen-bond donors (Lipinski definition) is 2. The van der Waals surface area contributed by atoms with Crippen molar-refractivity contribution in [3.05, 3.63) is 0 Å². The van der Waals surface area contributed by atoms with Gasteiger partial charge >= 0.3 is 0 Å². The third-order valence-corrected chi connectivity index (χ3v) is 2.59. The van der Waals surface area contributed by atoms with Crippen molar-refractivity contribution in [2.24, 2.45) is 5.92 Å². The van der Waals surface area contributed by atoms with Crippen molar-refractivity contribution in [1.82, 2.24) is 10.2 Å². The Morgan fingerprint density at radius 2 is 2.38 bits per heavy atom. The summed E-state index contributed by atoms with van der Waals surface area (Å²) in [5, 5.41) is 12.4. The maximum Gasteiger partial charge on any atom is 0.0636 e. The first-order chi connectivity index (χ1) is 6.18. The fourth-order valence-corrected chi connectivity index (χ4v) is 1.94. The highest BCUT2D eigenvalue weighted by Crippen LogP contribution is 2.13. The zero-order valence-corrected chi connectivity index (χ0v) is 8.79. The van der Waals surface area contributed by atoms with Gasteiger partial charge in [-0.3, -0.25) is 0 Å². The van der Waals surface area contributed by atoms with Crippen LogP contribution in [0.4, 0.5) is 0 Å². The van der Waals surface area contributed by atoms with Crippen molar-refractivity contribution >= 4 is 0 Å². The number of hydrogen-bond acceptors (Lipinski definition) is 3. The van der Waals surface area contributed by atoms with Crippen LogP contribution in [0.5, 0.6) is 0 Å². The molecule has 1 fully saturated rings. The first-order valence-electron chi connectivity index (χ1n) is 5.26. The smallest absolute Gasteiger partial charge is 0.0636 e. The van der Waals surface area contributed by atoms with Crippen LogP contribution in [0.2, 0.25) is 0 Å². The van der Waals surface area contributed by atoms with Crippen LogP contribution in [-0.4, -0.2) is 49.3 Å². The Hall–Kier alpha value is -0.120. The van der Waals surface area contributed by atoms with Crippen LogP contribution in [0.15, 0.2) is 0 Å². The Kier molecular flexibility index (Phi) is 4.70. The molecule has 3 nitrogen and oxygen atoms in total. The Morgan fingerprint density at radius 1 is 1.62 bits per heavy atom. The summed E-state index contributed by atoms with van der Waals surface area (Å²) in [4.78, 5) is 2.39. The molecule has 3 heteroatoms. The molecule has 0 aromatic carbocycles. The van der Waals surface area contributed by atoms with Gasteiger partial charge in [-0.15, -0.1) is 0 Å². The number of rotatable bonds is 4. The van der Waals surface area contributed by atoms with Crippen molar-refractivity contribution in [1.29, 1.82) is 0 Å². The van der Waals surface area contributed by atoms with Crippen molar-refractivity contribution in [3.63, 3.8) is 0 Å². The van der Waals surface area contributed by atoms with E-state index >= 15 is 0 Å². The summed E-state index contributed by atoms with van der Waals surface area (Å²) in [6, 6.07) is 0. The minimum Gasteiger partial charge on any atom is -0.392 e. The van der Waals surface area contributed by atoms with E-state index in [9.17, 15) is 0 Å². The second-order valence-electron chi connectivity index (χ2n) is 4.28. The Labute approximate surface area is 81.1 Å². The van der Waals surface area contributed by atoms with E-state index in [1.165, 1.54) is 25.9 Å². The van der Waals surface area contributed by atoms with E-state index in [-0.39, 0.29) is 6.10 Å². The fourth-order valence-electron chi connectivity index (χ4n) is 1.94. The highest BCUT2D eigenvalue weighted by Gasteiger charge is 2.16. The minimum absolute atomic E-state index is 0.221. The second kappa shape index (κ2) is 5.58. The minimum atomic E-state index is -0.221. The highest BCUT2D eigenvalue weighted by molar-refractivity contribution is 4.72. The molecule has 78 valence electrons. The van der Waals surface area contributed by atoms with Crippen LogP contribution in [0.25, 0.3) is 0 Å². The maximum atomic E-state index is 9.06. The van der Waals surface area contributed by atoms with Crippen LogP contribution >= 0.6 is 0 Å². The Morgan fingerprint density at radius 3 is 3.00 bits per heavy atom. The van der Waals surface area contributed by atoms with Gasteiger partial charge in [0.25, 0.3) is 0 Å². The summed E-state index contributed by atoms with van der Waals surface area (Å²) in [7, 11) is 2.18. The molecule has 0 amide bonds. The molecule has 0 bridgehead atoms. The number of aliphatic hydroxyl groups is 1. The molecule has 0 aromatic rings. The molecule has 2 atom stereocenters. The van der Waals surface area contributed by atoms with Gasteiger partial charge in [0.15, 0.2) is 0 Å². The van der Waals surface area contributed by atoms with Crippen LogP contribution in [-0.2, 0) is 0 Å². The lowest BCUT2D eigenvalue weighted by molar-refractivity contribution is 0.175. The number of piperidine rings is 1. The van der Waals surface area contributed by atoms with Gasteiger partial charge in [0.05, 0.1) is 6.10 Å². The standard InChI is InChI=1S/C10H22N2O/c1-9(13)6-11-7-10-4-3-5-12(2)8-10/h9-11,13H,3-8H2,1-2H3. The van der Waals surface area contributed by atoms with Crippen LogP contribution in [0.3, 0.4) is 0 Å². The summed E-state index contributed by atoms with van der Waals surface area (Å²) >= 11 is 0. The van der Waals surface area contributed by atoms with E-state index in [2.05, 4.69) is 17.3 Å². The van der Waals surface area contributed by atoms with Gasteiger partial charge < -0.3 is 15.3 Å². The van der Waals surface area contributed by atoms with E-state index in [4.69, 9.17) is 5.11 Å². The Balaban J connectivity index is 2.06. The molecule has 1 aliphatic rings. The van der Waals surface area contributed by atoms with Gasteiger partial charge in [-0.1, -0.05) is 0 Å². The van der Waals surface area contributed by atoms with Crippen LogP contribution in [0, 0.1) is 5.92 Å². The Bertz CT molecular complexity index is 139. The summed E-state index contributed by atoms with van der Waals surface area (Å²) in [5.41, 5.74) is 0. The largest absolute Gasteiger partial charge is 0.392 e. The van der Waals surface area contributed by atoms with Gasteiger partial charge in [0.1, 0.15) is 0 Å². The van der Waals surface area contributed by atoms with Crippen LogP contribution in [0.1, 0.15) is 19.8 Å². The van der Waals surface area contributed by atoms with E-state index < -0.39 is 0 Å². The summed E-state index contributed by atoms with van der Waals surface area (Å²) in [6.07, 6.45) is 2.43. The van der Waals surface area contributed by atoms with E-state index in [0.717, 1.165) is 19.0 Å². The van der Waals surface area contributed by atoms with Gasteiger partial charge in [-0.05, 0) is 45.8 Å². The maximum absolute atomic E-state index is 9.06. The first-order valence-corrected chi connectivity index (χ1v) is 5.26. The summed E-state index contributed by atoms with van der Waals surface area (Å²) < 4.78 is 0. The molecule has 0 saturated carbocycles. The van der Waals surface area contributed by atoms with E-state index in [1.54, 1.807) is 0 Å². The molecule has 2 N–H and O–H groups in total. The molecule has 0 aliphatic carbocycles. The van der Waals surface area contributed by atoms with Gasteiger partial charge in [0.2, 0.25) is 0 Å². The molecule has 1 rings (SSSR count). The van der Waals surface area contributed by atoms with Crippen molar-refractivity contribution in [2.45, 2.75) is 25.9 Å². The number of nitrogens with one attached hydrogen (secondary N) is 1. The van der Waals surface area contributed by atoms with Gasteiger partial charge in [0, 0.05) is 13.1 Å². The van der Waals surface area contributed by atoms with Gasteiger partial charge in [-0.2, -0.15) is 0 Å². The first kappa shape index (κ1) is 11.0. The molecule has 1 heterocycles. The molecule has 0 spiro atoms. The zero-order valence-electron chi connectivity index (χ0n) is 8.79. The highest BCUT2D eigenvalue weighted by atomic mass is 16.3. The fraction of sp³-hybridized carbons (Fsp3) is 1.00. The molecule has 1 saturated heterocycles. The lowest BCUT2D eigenvalue weighted by Crippen LogP contribution is -2.38. The molecular formula is C10H22N2O. The third-order valence-electron chi connectivity index (χ3n) is 2.59. The molecule has 13 heavy (non-hydrogen) atoms. The number of likely N-dealkylation sites (tertiary alicyclic amines) is 1. The van der Waals surface area contributed by atoms with Gasteiger partial charge in [-0.25, -0.2) is 0 Å². The van der Waals surface area contributed by atoms with Crippen LogP contribution < -0.4 is 5.32 Å². The normalized spacial score (nSPS) is 27.5. The molecule has 2 unspecified atom stereocenters. The predicted octanol–water partition coefficient (Wildman–Crippen LogP) is 0.299. The van der Waals surface area contributed by atoms with Crippen molar-refractivity contribution in [3.8, 4) is 0 Å². The lowest BCUT2D eigenvalue weighted by atomic mass is 9.98. The second-order valence-corrected chi connectivity index (χ2v) is 4.28. The summed E-state index contributed by atoms with van der Waals surface area (Å²) in [5.74, 6) is 0.775. The number of aliphatic hydroxyl groups excluding tert-OH is 1. The average Bonchev–Trinajstić information content (AvgIpc) is 2.03. The van der Waals surface area contributed by atoms with E-state index in [1.807, 2.05) is 6.92 Å². The summed E-state index contributed by atoms with van der Waals surface area (Å²) in [6.45, 7) is 6.04. The lowest BCUT2D eigenvalue weighted by Gasteiger charge is -2.29. The molecule has 1 aliphatic heterocycles. The third kappa shape index (κ3) is 4.60. The zero-order chi connectivity index (χ0) is 9.68.